The third-order valence-corrected chi connectivity index (χ3v) is 3.63. The van der Waals surface area contributed by atoms with Gasteiger partial charge in [0.15, 0.2) is 0 Å². The molecule has 0 amide bonds. The van der Waals surface area contributed by atoms with Crippen LogP contribution in [-0.4, -0.2) is 17.0 Å². The summed E-state index contributed by atoms with van der Waals surface area (Å²) in [4.78, 5) is 1.36. The molecule has 0 heterocycles. The molecule has 1 fully saturated rings. The van der Waals surface area contributed by atoms with E-state index in [0.29, 0.717) is 0 Å². The molecule has 1 aromatic carbocycles. The Bertz CT molecular complexity index is 281. The monoisotopic (exact) mass is 194 g/mol. The first-order chi connectivity index (χ1) is 6.40. The smallest absolute Gasteiger partial charge is 0.0471 e. The molecule has 0 atom stereocenters. The maximum Gasteiger partial charge on any atom is 0.0471 e. The normalized spacial score (nSPS) is 16.1. The van der Waals surface area contributed by atoms with E-state index < -0.39 is 0 Å². The highest BCUT2D eigenvalue weighted by molar-refractivity contribution is 8.00. The largest absolute Gasteiger partial charge is 0.396 e. The molecule has 1 aliphatic rings. The summed E-state index contributed by atoms with van der Waals surface area (Å²) < 4.78 is 0. The van der Waals surface area contributed by atoms with Crippen molar-refractivity contribution in [3.63, 3.8) is 0 Å². The van der Waals surface area contributed by atoms with Crippen LogP contribution in [0, 0.1) is 0 Å². The Labute approximate surface area is 83.2 Å². The fourth-order valence-corrected chi connectivity index (χ4v) is 2.52. The van der Waals surface area contributed by atoms with Crippen molar-refractivity contribution in [3.05, 3.63) is 29.8 Å². The molecular formula is C11H14OS. The van der Waals surface area contributed by atoms with Gasteiger partial charge in [0.05, 0.1) is 0 Å². The van der Waals surface area contributed by atoms with Crippen molar-refractivity contribution in [2.45, 2.75) is 29.4 Å². The van der Waals surface area contributed by atoms with Crippen molar-refractivity contribution >= 4 is 11.8 Å². The minimum absolute atomic E-state index is 0.252. The first kappa shape index (κ1) is 9.10. The SMILES string of the molecule is OCCc1ccccc1SC1CC1. The summed E-state index contributed by atoms with van der Waals surface area (Å²) in [5.74, 6) is 0. The van der Waals surface area contributed by atoms with Gasteiger partial charge in [-0.2, -0.15) is 0 Å². The maximum absolute atomic E-state index is 8.88. The molecule has 1 aromatic rings. The summed E-state index contributed by atoms with van der Waals surface area (Å²) >= 11 is 1.96. The molecule has 1 saturated carbocycles. The van der Waals surface area contributed by atoms with Gasteiger partial charge in [-0.1, -0.05) is 18.2 Å². The van der Waals surface area contributed by atoms with Gasteiger partial charge in [0.2, 0.25) is 0 Å². The quantitative estimate of drug-likeness (QED) is 0.794. The van der Waals surface area contributed by atoms with E-state index in [0.717, 1.165) is 11.7 Å². The second kappa shape index (κ2) is 4.16. The van der Waals surface area contributed by atoms with E-state index in [1.165, 1.54) is 23.3 Å². The summed E-state index contributed by atoms with van der Waals surface area (Å²) in [6.45, 7) is 0.252. The maximum atomic E-state index is 8.88. The Morgan fingerprint density at radius 3 is 2.77 bits per heavy atom. The molecule has 0 radical (unpaired) electrons. The zero-order valence-corrected chi connectivity index (χ0v) is 8.39. The lowest BCUT2D eigenvalue weighted by molar-refractivity contribution is 0.299. The van der Waals surface area contributed by atoms with Gasteiger partial charge >= 0.3 is 0 Å². The first-order valence-electron chi connectivity index (χ1n) is 4.75. The summed E-state index contributed by atoms with van der Waals surface area (Å²) in [6, 6.07) is 8.39. The van der Waals surface area contributed by atoms with Gasteiger partial charge in [-0.3, -0.25) is 0 Å². The van der Waals surface area contributed by atoms with Crippen LogP contribution in [0.2, 0.25) is 0 Å². The summed E-state index contributed by atoms with van der Waals surface area (Å²) in [7, 11) is 0. The summed E-state index contributed by atoms with van der Waals surface area (Å²) in [5.41, 5.74) is 1.29. The molecule has 1 aliphatic carbocycles. The Morgan fingerprint density at radius 1 is 1.31 bits per heavy atom. The van der Waals surface area contributed by atoms with E-state index in [1.54, 1.807) is 0 Å². The van der Waals surface area contributed by atoms with Gasteiger partial charge in [0, 0.05) is 16.8 Å². The third-order valence-electron chi connectivity index (χ3n) is 2.17. The zero-order valence-electron chi connectivity index (χ0n) is 7.57. The van der Waals surface area contributed by atoms with Crippen LogP contribution in [0.4, 0.5) is 0 Å². The topological polar surface area (TPSA) is 20.2 Å². The molecule has 0 bridgehead atoms. The van der Waals surface area contributed by atoms with E-state index in [1.807, 2.05) is 17.8 Å². The predicted molar refractivity (Wildman–Crippen MR) is 56.1 cm³/mol. The average molecular weight is 194 g/mol. The molecule has 2 heteroatoms. The van der Waals surface area contributed by atoms with E-state index in [2.05, 4.69) is 18.2 Å². The van der Waals surface area contributed by atoms with Gasteiger partial charge in [-0.15, -0.1) is 11.8 Å². The van der Waals surface area contributed by atoms with Gasteiger partial charge in [0.1, 0.15) is 0 Å². The lowest BCUT2D eigenvalue weighted by Gasteiger charge is -2.06. The van der Waals surface area contributed by atoms with Gasteiger partial charge in [0.25, 0.3) is 0 Å². The number of rotatable bonds is 4. The van der Waals surface area contributed by atoms with Crippen molar-refractivity contribution < 1.29 is 5.11 Å². The van der Waals surface area contributed by atoms with Crippen LogP contribution in [-0.2, 0) is 6.42 Å². The van der Waals surface area contributed by atoms with Crippen LogP contribution in [0.3, 0.4) is 0 Å². The molecule has 13 heavy (non-hydrogen) atoms. The van der Waals surface area contributed by atoms with Crippen LogP contribution in [0.25, 0.3) is 0 Å². The van der Waals surface area contributed by atoms with Crippen LogP contribution < -0.4 is 0 Å². The Hall–Kier alpha value is -0.470. The van der Waals surface area contributed by atoms with Gasteiger partial charge < -0.3 is 5.11 Å². The highest BCUT2D eigenvalue weighted by Crippen LogP contribution is 2.40. The Morgan fingerprint density at radius 2 is 2.08 bits per heavy atom. The number of hydrogen-bond acceptors (Lipinski definition) is 2. The second-order valence-electron chi connectivity index (χ2n) is 3.40. The van der Waals surface area contributed by atoms with E-state index in [4.69, 9.17) is 5.11 Å². The number of hydrogen-bond donors (Lipinski definition) is 1. The van der Waals surface area contributed by atoms with Crippen molar-refractivity contribution in [1.82, 2.24) is 0 Å². The zero-order chi connectivity index (χ0) is 9.10. The lowest BCUT2D eigenvalue weighted by atomic mass is 10.2. The van der Waals surface area contributed by atoms with Crippen LogP contribution in [0.5, 0.6) is 0 Å². The van der Waals surface area contributed by atoms with Crippen LogP contribution >= 0.6 is 11.8 Å². The molecular weight excluding hydrogens is 180 g/mol. The molecule has 0 saturated heterocycles. The fourth-order valence-electron chi connectivity index (χ4n) is 1.31. The van der Waals surface area contributed by atoms with Crippen molar-refractivity contribution in [2.75, 3.05) is 6.61 Å². The van der Waals surface area contributed by atoms with Gasteiger partial charge in [-0.25, -0.2) is 0 Å². The molecule has 1 nitrogen and oxygen atoms in total. The number of thioether (sulfide) groups is 1. The molecule has 1 N–H and O–H groups in total. The Kier molecular flexibility index (Phi) is 2.91. The number of aliphatic hydroxyl groups excluding tert-OH is 1. The van der Waals surface area contributed by atoms with Crippen LogP contribution in [0.1, 0.15) is 18.4 Å². The number of benzene rings is 1. The highest BCUT2D eigenvalue weighted by atomic mass is 32.2. The molecule has 0 aromatic heterocycles. The minimum Gasteiger partial charge on any atom is -0.396 e. The van der Waals surface area contributed by atoms with Gasteiger partial charge in [-0.05, 0) is 30.9 Å². The number of aliphatic hydroxyl groups is 1. The van der Waals surface area contributed by atoms with E-state index >= 15 is 0 Å². The van der Waals surface area contributed by atoms with Crippen molar-refractivity contribution in [1.29, 1.82) is 0 Å². The third kappa shape index (κ3) is 2.48. The molecule has 2 rings (SSSR count). The van der Waals surface area contributed by atoms with Crippen molar-refractivity contribution in [2.24, 2.45) is 0 Å². The van der Waals surface area contributed by atoms with E-state index in [9.17, 15) is 0 Å². The van der Waals surface area contributed by atoms with E-state index in [-0.39, 0.29) is 6.61 Å². The van der Waals surface area contributed by atoms with Crippen molar-refractivity contribution in [3.8, 4) is 0 Å². The first-order valence-corrected chi connectivity index (χ1v) is 5.63. The second-order valence-corrected chi connectivity index (χ2v) is 4.74. The molecule has 0 aliphatic heterocycles. The fraction of sp³-hybridized carbons (Fsp3) is 0.455. The predicted octanol–water partition coefficient (Wildman–Crippen LogP) is 2.48. The molecule has 70 valence electrons. The molecule has 0 spiro atoms. The average Bonchev–Trinajstić information content (AvgIpc) is 2.93. The lowest BCUT2D eigenvalue weighted by Crippen LogP contribution is -1.93. The summed E-state index contributed by atoms with van der Waals surface area (Å²) in [6.07, 6.45) is 3.51. The standard InChI is InChI=1S/C11H14OS/c12-8-7-9-3-1-2-4-11(9)13-10-5-6-10/h1-4,10,12H,5-8H2. The molecule has 0 unspecified atom stereocenters. The highest BCUT2D eigenvalue weighted by Gasteiger charge is 2.23. The minimum atomic E-state index is 0.252. The summed E-state index contributed by atoms with van der Waals surface area (Å²) in [5, 5.41) is 9.73. The Balaban J connectivity index is 2.10. The van der Waals surface area contributed by atoms with Crippen LogP contribution in [0.15, 0.2) is 29.2 Å².